The van der Waals surface area contributed by atoms with Crippen molar-refractivity contribution in [3.8, 4) is 0 Å². The van der Waals surface area contributed by atoms with E-state index >= 15 is 0 Å². The first-order valence-electron chi connectivity index (χ1n) is 5.68. The van der Waals surface area contributed by atoms with Gasteiger partial charge in [-0.15, -0.1) is 0 Å². The van der Waals surface area contributed by atoms with Crippen molar-refractivity contribution in [2.75, 3.05) is 0 Å². The van der Waals surface area contributed by atoms with Crippen LogP contribution < -0.4 is 0 Å². The molecule has 1 spiro atoms. The molecule has 0 radical (unpaired) electrons. The SMILES string of the molecule is O=[N+]([O-])c1cccc2c1C1C3OC3C3CC231. The zero-order chi connectivity index (χ0) is 10.7. The first-order chi connectivity index (χ1) is 7.75. The summed E-state index contributed by atoms with van der Waals surface area (Å²) in [7, 11) is 0. The first-order valence-corrected chi connectivity index (χ1v) is 5.68. The highest BCUT2D eigenvalue weighted by atomic mass is 16.6. The second-order valence-electron chi connectivity index (χ2n) is 5.39. The summed E-state index contributed by atoms with van der Waals surface area (Å²) in [5.74, 6) is 0.996. The zero-order valence-electron chi connectivity index (χ0n) is 8.42. The average molecular weight is 215 g/mol. The fraction of sp³-hybridized carbons (Fsp3) is 0.500. The van der Waals surface area contributed by atoms with Crippen LogP contribution in [0.4, 0.5) is 5.69 Å². The summed E-state index contributed by atoms with van der Waals surface area (Å²) >= 11 is 0. The number of benzene rings is 1. The van der Waals surface area contributed by atoms with Crippen LogP contribution >= 0.6 is 0 Å². The number of nitro groups is 1. The fourth-order valence-electron chi connectivity index (χ4n) is 4.36. The van der Waals surface area contributed by atoms with Gasteiger partial charge in [-0.25, -0.2) is 0 Å². The van der Waals surface area contributed by atoms with Gasteiger partial charge in [0.05, 0.1) is 17.1 Å². The lowest BCUT2D eigenvalue weighted by Crippen LogP contribution is -2.34. The molecule has 3 fully saturated rings. The average Bonchev–Trinajstić information content (AvgIpc) is 3.09. The largest absolute Gasteiger partial charge is 0.369 e. The molecule has 0 aromatic heterocycles. The second kappa shape index (κ2) is 1.91. The summed E-state index contributed by atoms with van der Waals surface area (Å²) < 4.78 is 5.60. The molecule has 3 aliphatic carbocycles. The number of nitro benzene ring substituents is 1. The van der Waals surface area contributed by atoms with Gasteiger partial charge < -0.3 is 4.74 Å². The molecule has 1 aromatic rings. The van der Waals surface area contributed by atoms with E-state index in [1.807, 2.05) is 6.07 Å². The number of hydrogen-bond acceptors (Lipinski definition) is 3. The lowest BCUT2D eigenvalue weighted by Gasteiger charge is -2.38. The number of fused-ring (bicyclic) bond motifs is 5. The summed E-state index contributed by atoms with van der Waals surface area (Å²) in [6, 6.07) is 5.52. The maximum Gasteiger partial charge on any atom is 0.273 e. The molecular weight excluding hydrogens is 206 g/mol. The fourth-order valence-corrected chi connectivity index (χ4v) is 4.36. The minimum Gasteiger partial charge on any atom is -0.369 e. The maximum absolute atomic E-state index is 11.0. The molecule has 4 heteroatoms. The van der Waals surface area contributed by atoms with E-state index in [0.29, 0.717) is 35.1 Å². The van der Waals surface area contributed by atoms with Gasteiger partial charge in [0.15, 0.2) is 0 Å². The highest BCUT2D eigenvalue weighted by molar-refractivity contribution is 5.68. The van der Waals surface area contributed by atoms with Gasteiger partial charge in [0.25, 0.3) is 5.69 Å². The molecule has 1 saturated heterocycles. The van der Waals surface area contributed by atoms with Crippen molar-refractivity contribution in [1.29, 1.82) is 0 Å². The molecule has 4 nitrogen and oxygen atoms in total. The van der Waals surface area contributed by atoms with Gasteiger partial charge in [-0.3, -0.25) is 10.1 Å². The topological polar surface area (TPSA) is 55.7 Å². The molecule has 5 atom stereocenters. The molecule has 5 rings (SSSR count). The Morgan fingerprint density at radius 2 is 2.31 bits per heavy atom. The lowest BCUT2D eigenvalue weighted by molar-refractivity contribution is -0.386. The summed E-state index contributed by atoms with van der Waals surface area (Å²) in [5.41, 5.74) is 2.82. The highest BCUT2D eigenvalue weighted by Gasteiger charge is 2.84. The third-order valence-electron chi connectivity index (χ3n) is 4.99. The third kappa shape index (κ3) is 0.546. The van der Waals surface area contributed by atoms with Crippen LogP contribution in [-0.2, 0) is 10.2 Å². The van der Waals surface area contributed by atoms with Gasteiger partial charge in [0.1, 0.15) is 0 Å². The third-order valence-corrected chi connectivity index (χ3v) is 4.99. The zero-order valence-corrected chi connectivity index (χ0v) is 8.42. The Balaban J connectivity index is 1.79. The number of rotatable bonds is 1. The first kappa shape index (κ1) is 7.79. The van der Waals surface area contributed by atoms with Crippen LogP contribution in [0.25, 0.3) is 0 Å². The van der Waals surface area contributed by atoms with Gasteiger partial charge in [-0.05, 0) is 17.9 Å². The summed E-state index contributed by atoms with van der Waals surface area (Å²) in [6.07, 6.45) is 1.90. The number of ether oxygens (including phenoxy) is 1. The van der Waals surface area contributed by atoms with E-state index < -0.39 is 0 Å². The van der Waals surface area contributed by atoms with E-state index in [-0.39, 0.29) is 4.92 Å². The Kier molecular flexibility index (Phi) is 0.928. The Hall–Kier alpha value is -1.42. The van der Waals surface area contributed by atoms with Crippen molar-refractivity contribution < 1.29 is 9.66 Å². The summed E-state index contributed by atoms with van der Waals surface area (Å²) in [4.78, 5) is 10.7. The highest BCUT2D eigenvalue weighted by Crippen LogP contribution is 2.83. The van der Waals surface area contributed by atoms with E-state index in [9.17, 15) is 10.1 Å². The van der Waals surface area contributed by atoms with Gasteiger partial charge in [-0.1, -0.05) is 12.1 Å². The van der Waals surface area contributed by atoms with E-state index in [0.717, 1.165) is 5.56 Å². The van der Waals surface area contributed by atoms with Crippen LogP contribution in [0.2, 0.25) is 0 Å². The van der Waals surface area contributed by atoms with Crippen LogP contribution in [0.15, 0.2) is 18.2 Å². The van der Waals surface area contributed by atoms with E-state index in [2.05, 4.69) is 6.07 Å². The van der Waals surface area contributed by atoms with Gasteiger partial charge in [-0.2, -0.15) is 0 Å². The maximum atomic E-state index is 11.0. The Morgan fingerprint density at radius 3 is 3.12 bits per heavy atom. The van der Waals surface area contributed by atoms with Crippen LogP contribution in [-0.4, -0.2) is 17.1 Å². The molecule has 2 saturated carbocycles. The number of nitrogens with zero attached hydrogens (tertiary/aromatic N) is 1. The normalized spacial score (nSPS) is 48.2. The van der Waals surface area contributed by atoms with Crippen LogP contribution in [0, 0.1) is 16.0 Å². The van der Waals surface area contributed by atoms with Crippen molar-refractivity contribution in [1.82, 2.24) is 0 Å². The smallest absolute Gasteiger partial charge is 0.273 e. The molecule has 16 heavy (non-hydrogen) atoms. The molecule has 0 bridgehead atoms. The molecule has 5 unspecified atom stereocenters. The molecular formula is C12H9NO3. The molecule has 0 amide bonds. The van der Waals surface area contributed by atoms with Crippen molar-refractivity contribution >= 4 is 5.69 Å². The molecule has 4 aliphatic rings. The number of hydrogen-bond donors (Lipinski definition) is 0. The molecule has 1 aliphatic heterocycles. The molecule has 0 N–H and O–H groups in total. The van der Waals surface area contributed by atoms with Gasteiger partial charge in [0, 0.05) is 23.0 Å². The van der Waals surface area contributed by atoms with Crippen molar-refractivity contribution in [2.45, 2.75) is 30.0 Å². The molecule has 80 valence electrons. The Bertz CT molecular complexity index is 569. The molecule has 1 heterocycles. The second-order valence-corrected chi connectivity index (χ2v) is 5.39. The number of epoxide rings is 1. The minimum atomic E-state index is -0.251. The summed E-state index contributed by atoms with van der Waals surface area (Å²) in [5, 5.41) is 11.0. The predicted octanol–water partition coefficient (Wildman–Crippen LogP) is 1.73. The van der Waals surface area contributed by atoms with Crippen molar-refractivity contribution in [3.63, 3.8) is 0 Å². The minimum absolute atomic E-state index is 0.251. The summed E-state index contributed by atoms with van der Waals surface area (Å²) in [6.45, 7) is 0. The molecule has 1 aromatic carbocycles. The van der Waals surface area contributed by atoms with Crippen LogP contribution in [0.3, 0.4) is 0 Å². The van der Waals surface area contributed by atoms with E-state index in [1.54, 1.807) is 6.07 Å². The van der Waals surface area contributed by atoms with E-state index in [4.69, 9.17) is 4.74 Å². The van der Waals surface area contributed by atoms with Gasteiger partial charge in [0.2, 0.25) is 0 Å². The van der Waals surface area contributed by atoms with Crippen molar-refractivity contribution in [3.05, 3.63) is 39.4 Å². The van der Waals surface area contributed by atoms with Crippen LogP contribution in [0.5, 0.6) is 0 Å². The standard InChI is InChI=1S/C12H9NO3/c14-13(15)7-3-1-2-5-8(7)9-11-10(16-11)6-4-12(5,6)9/h1-3,6,9-11H,4H2. The Morgan fingerprint density at radius 1 is 1.44 bits per heavy atom. The van der Waals surface area contributed by atoms with Gasteiger partial charge >= 0.3 is 0 Å². The monoisotopic (exact) mass is 215 g/mol. The van der Waals surface area contributed by atoms with Crippen LogP contribution in [0.1, 0.15) is 23.5 Å². The van der Waals surface area contributed by atoms with E-state index in [1.165, 1.54) is 12.0 Å². The van der Waals surface area contributed by atoms with Crippen molar-refractivity contribution in [2.24, 2.45) is 5.92 Å². The predicted molar refractivity (Wildman–Crippen MR) is 54.3 cm³/mol. The quantitative estimate of drug-likeness (QED) is 0.407. The lowest BCUT2D eigenvalue weighted by atomic mass is 9.64. The Labute approximate surface area is 91.4 Å².